The summed E-state index contributed by atoms with van der Waals surface area (Å²) in [5, 5.41) is 0. The van der Waals surface area contributed by atoms with Crippen molar-refractivity contribution < 1.29 is 0 Å². The zero-order valence-electron chi connectivity index (χ0n) is 3.98. The summed E-state index contributed by atoms with van der Waals surface area (Å²) >= 11 is 0. The zero-order valence-corrected chi connectivity index (χ0v) is 3.98. The standard InChI is InChI=1S/C6H10.CH4/c1-2-5-4-6(5)3-1;/h5-6H,1-4H2;1H4. The Morgan fingerprint density at radius 3 is 1.71 bits per heavy atom. The fourth-order valence-electron chi connectivity index (χ4n) is 1.66. The first-order chi connectivity index (χ1) is 2.97. The Morgan fingerprint density at radius 1 is 1.00 bits per heavy atom. The average molecular weight is 98.2 g/mol. The third kappa shape index (κ3) is 0.667. The molecule has 0 bridgehead atoms. The molecule has 2 aliphatic rings. The molecule has 0 heterocycles. The van der Waals surface area contributed by atoms with Crippen LogP contribution in [0.3, 0.4) is 0 Å². The van der Waals surface area contributed by atoms with Crippen molar-refractivity contribution in [3.8, 4) is 0 Å². The van der Waals surface area contributed by atoms with E-state index in [-0.39, 0.29) is 7.43 Å². The molecule has 42 valence electrons. The van der Waals surface area contributed by atoms with Crippen LogP contribution in [0.1, 0.15) is 33.1 Å². The minimum atomic E-state index is 0. The first kappa shape index (κ1) is 5.14. The molecule has 0 amide bonds. The Bertz CT molecular complexity index is 58.4. The lowest BCUT2D eigenvalue weighted by Gasteiger charge is -1.80. The van der Waals surface area contributed by atoms with Gasteiger partial charge in [0.05, 0.1) is 0 Å². The van der Waals surface area contributed by atoms with Crippen molar-refractivity contribution in [1.29, 1.82) is 0 Å². The van der Waals surface area contributed by atoms with Crippen LogP contribution in [-0.4, -0.2) is 0 Å². The first-order valence-electron chi connectivity index (χ1n) is 2.97. The summed E-state index contributed by atoms with van der Waals surface area (Å²) in [5.41, 5.74) is 0. The fourth-order valence-corrected chi connectivity index (χ4v) is 1.66. The number of hydrogen-bond acceptors (Lipinski definition) is 0. The molecule has 0 aromatic heterocycles. The molecule has 0 nitrogen and oxygen atoms in total. The molecule has 2 unspecified atom stereocenters. The maximum absolute atomic E-state index is 1.58. The summed E-state index contributed by atoms with van der Waals surface area (Å²) < 4.78 is 0. The van der Waals surface area contributed by atoms with Crippen molar-refractivity contribution in [1.82, 2.24) is 0 Å². The van der Waals surface area contributed by atoms with Crippen LogP contribution in [0.5, 0.6) is 0 Å². The minimum absolute atomic E-state index is 0. The third-order valence-corrected chi connectivity index (χ3v) is 2.22. The van der Waals surface area contributed by atoms with Crippen molar-refractivity contribution in [2.24, 2.45) is 11.8 Å². The van der Waals surface area contributed by atoms with Gasteiger partial charge in [-0.15, -0.1) is 0 Å². The van der Waals surface area contributed by atoms with Gasteiger partial charge in [-0.2, -0.15) is 0 Å². The number of rotatable bonds is 0. The predicted octanol–water partition coefficient (Wildman–Crippen LogP) is 2.44. The summed E-state index contributed by atoms with van der Waals surface area (Å²) in [6.45, 7) is 0. The van der Waals surface area contributed by atoms with Gasteiger partial charge in [0.2, 0.25) is 0 Å². The van der Waals surface area contributed by atoms with Crippen LogP contribution < -0.4 is 0 Å². The molecule has 2 rings (SSSR count). The van der Waals surface area contributed by atoms with Gasteiger partial charge in [0, 0.05) is 0 Å². The van der Waals surface area contributed by atoms with Crippen molar-refractivity contribution in [3.05, 3.63) is 0 Å². The second-order valence-corrected chi connectivity index (χ2v) is 2.69. The van der Waals surface area contributed by atoms with Gasteiger partial charge in [-0.25, -0.2) is 0 Å². The number of fused-ring (bicyclic) bond motifs is 1. The van der Waals surface area contributed by atoms with E-state index in [1.54, 1.807) is 19.3 Å². The molecular formula is C7H14. The van der Waals surface area contributed by atoms with Crippen LogP contribution in [-0.2, 0) is 0 Å². The van der Waals surface area contributed by atoms with Gasteiger partial charge in [0.1, 0.15) is 0 Å². The quantitative estimate of drug-likeness (QED) is 0.436. The lowest BCUT2D eigenvalue weighted by molar-refractivity contribution is 0.735. The van der Waals surface area contributed by atoms with Crippen molar-refractivity contribution in [2.75, 3.05) is 0 Å². The van der Waals surface area contributed by atoms with E-state index >= 15 is 0 Å². The van der Waals surface area contributed by atoms with E-state index in [0.717, 1.165) is 0 Å². The first-order valence-corrected chi connectivity index (χ1v) is 2.97. The molecule has 2 atom stereocenters. The van der Waals surface area contributed by atoms with E-state index < -0.39 is 0 Å². The SMILES string of the molecule is C.C1CC2CC2C1. The molecule has 0 heteroatoms. The Kier molecular flexibility index (Phi) is 1.10. The van der Waals surface area contributed by atoms with Gasteiger partial charge < -0.3 is 0 Å². The molecule has 7 heavy (non-hydrogen) atoms. The summed E-state index contributed by atoms with van der Waals surface area (Å²) in [7, 11) is 0. The van der Waals surface area contributed by atoms with Crippen LogP contribution in [0.2, 0.25) is 0 Å². The van der Waals surface area contributed by atoms with E-state index in [2.05, 4.69) is 0 Å². The topological polar surface area (TPSA) is 0 Å². The van der Waals surface area contributed by atoms with Gasteiger partial charge >= 0.3 is 0 Å². The highest BCUT2D eigenvalue weighted by molar-refractivity contribution is 4.91. The van der Waals surface area contributed by atoms with E-state index in [1.165, 1.54) is 18.3 Å². The largest absolute Gasteiger partial charge is 0.0776 e. The van der Waals surface area contributed by atoms with Gasteiger partial charge in [-0.3, -0.25) is 0 Å². The van der Waals surface area contributed by atoms with Crippen LogP contribution in [0.15, 0.2) is 0 Å². The molecule has 0 aromatic carbocycles. The third-order valence-electron chi connectivity index (χ3n) is 2.22. The molecule has 2 fully saturated rings. The van der Waals surface area contributed by atoms with Gasteiger partial charge in [0.15, 0.2) is 0 Å². The average Bonchev–Trinajstić information content (AvgIpc) is 2.17. The van der Waals surface area contributed by atoms with E-state index in [1.807, 2.05) is 0 Å². The second kappa shape index (κ2) is 1.50. The smallest absolute Gasteiger partial charge is 0.0383 e. The summed E-state index contributed by atoms with van der Waals surface area (Å²) in [6.07, 6.45) is 6.24. The van der Waals surface area contributed by atoms with E-state index in [4.69, 9.17) is 0 Å². The summed E-state index contributed by atoms with van der Waals surface area (Å²) in [4.78, 5) is 0. The molecule has 0 aromatic rings. The fraction of sp³-hybridized carbons (Fsp3) is 1.00. The van der Waals surface area contributed by atoms with Crippen molar-refractivity contribution >= 4 is 0 Å². The lowest BCUT2D eigenvalue weighted by atomic mass is 10.3. The van der Waals surface area contributed by atoms with Crippen molar-refractivity contribution in [3.63, 3.8) is 0 Å². The van der Waals surface area contributed by atoms with Gasteiger partial charge in [-0.05, 0) is 18.3 Å². The minimum Gasteiger partial charge on any atom is -0.0776 e. The zero-order chi connectivity index (χ0) is 3.98. The molecule has 0 N–H and O–H groups in total. The molecule has 0 spiro atoms. The normalized spacial score (nSPS) is 44.6. The summed E-state index contributed by atoms with van der Waals surface area (Å²) in [5.74, 6) is 2.43. The molecular weight excluding hydrogens is 84.1 g/mol. The molecule has 2 aliphatic carbocycles. The van der Waals surface area contributed by atoms with E-state index in [0.29, 0.717) is 0 Å². The van der Waals surface area contributed by atoms with Crippen LogP contribution in [0.4, 0.5) is 0 Å². The molecule has 0 aliphatic heterocycles. The Balaban J connectivity index is 0.000000245. The lowest BCUT2D eigenvalue weighted by Crippen LogP contribution is -1.64. The maximum Gasteiger partial charge on any atom is -0.0383 e. The maximum atomic E-state index is 1.58. The highest BCUT2D eigenvalue weighted by Gasteiger charge is 2.40. The molecule has 0 radical (unpaired) electrons. The van der Waals surface area contributed by atoms with Crippen LogP contribution in [0, 0.1) is 11.8 Å². The second-order valence-electron chi connectivity index (χ2n) is 2.69. The van der Waals surface area contributed by atoms with Crippen LogP contribution >= 0.6 is 0 Å². The Hall–Kier alpha value is 0. The van der Waals surface area contributed by atoms with Crippen LogP contribution in [0.25, 0.3) is 0 Å². The predicted molar refractivity (Wildman–Crippen MR) is 32.2 cm³/mol. The molecule has 0 saturated heterocycles. The molecule has 2 saturated carbocycles. The summed E-state index contributed by atoms with van der Waals surface area (Å²) in [6, 6.07) is 0. The van der Waals surface area contributed by atoms with E-state index in [9.17, 15) is 0 Å². The highest BCUT2D eigenvalue weighted by Crippen LogP contribution is 2.51. The van der Waals surface area contributed by atoms with Gasteiger partial charge in [0.25, 0.3) is 0 Å². The monoisotopic (exact) mass is 98.1 g/mol. The Labute approximate surface area is 45.9 Å². The highest BCUT2D eigenvalue weighted by atomic mass is 14.5. The van der Waals surface area contributed by atoms with Crippen molar-refractivity contribution in [2.45, 2.75) is 33.1 Å². The van der Waals surface area contributed by atoms with Gasteiger partial charge in [-0.1, -0.05) is 26.7 Å². The Morgan fingerprint density at radius 2 is 1.57 bits per heavy atom. The number of hydrogen-bond donors (Lipinski definition) is 0.